The Morgan fingerprint density at radius 2 is 1.91 bits per heavy atom. The van der Waals surface area contributed by atoms with Crippen molar-refractivity contribution in [1.82, 2.24) is 4.90 Å². The van der Waals surface area contributed by atoms with Gasteiger partial charge in [-0.3, -0.25) is 18.9 Å². The minimum Gasteiger partial charge on any atom is -0.465 e. The summed E-state index contributed by atoms with van der Waals surface area (Å²) in [5, 5.41) is 0. The summed E-state index contributed by atoms with van der Waals surface area (Å²) in [6.07, 6.45) is 2.06. The zero-order valence-corrected chi connectivity index (χ0v) is 19.5. The van der Waals surface area contributed by atoms with Gasteiger partial charge in [0.25, 0.3) is 16.4 Å². The van der Waals surface area contributed by atoms with Gasteiger partial charge in [0.15, 0.2) is 0 Å². The van der Waals surface area contributed by atoms with Gasteiger partial charge in [0.05, 0.1) is 29.6 Å². The molecule has 184 valence electrons. The maximum Gasteiger partial charge on any atom is 0.316 e. The van der Waals surface area contributed by atoms with Crippen LogP contribution < -0.4 is 0 Å². The van der Waals surface area contributed by atoms with E-state index in [1.165, 1.54) is 0 Å². The summed E-state index contributed by atoms with van der Waals surface area (Å²) in [7, 11) is -4.14. The molecule has 0 radical (unpaired) electrons. The molecule has 2 aliphatic carbocycles. The molecule has 1 N–H and O–H groups in total. The van der Waals surface area contributed by atoms with Crippen LogP contribution >= 0.6 is 0 Å². The fourth-order valence-electron chi connectivity index (χ4n) is 7.28. The van der Waals surface area contributed by atoms with E-state index in [1.807, 2.05) is 6.92 Å². The van der Waals surface area contributed by atoms with Crippen molar-refractivity contribution < 1.29 is 41.6 Å². The van der Waals surface area contributed by atoms with Crippen LogP contribution in [0.5, 0.6) is 0 Å². The number of hydrogen-bond acceptors (Lipinski definition) is 9. The number of fused-ring (bicyclic) bond motifs is 2. The van der Waals surface area contributed by atoms with E-state index in [0.717, 1.165) is 32.4 Å². The van der Waals surface area contributed by atoms with E-state index >= 15 is 0 Å². The molecule has 6 aliphatic rings. The molecule has 0 aromatic carbocycles. The number of piperidine rings is 3. The van der Waals surface area contributed by atoms with E-state index in [9.17, 15) is 22.8 Å². The molecule has 10 nitrogen and oxygen atoms in total. The smallest absolute Gasteiger partial charge is 0.316 e. The first-order chi connectivity index (χ1) is 15.5. The summed E-state index contributed by atoms with van der Waals surface area (Å²) < 4.78 is 47.1. The van der Waals surface area contributed by atoms with Gasteiger partial charge in [-0.2, -0.15) is 8.42 Å². The van der Waals surface area contributed by atoms with Crippen molar-refractivity contribution in [3.8, 4) is 0 Å². The second-order valence-electron chi connectivity index (χ2n) is 10.8. The van der Waals surface area contributed by atoms with Crippen molar-refractivity contribution in [2.24, 2.45) is 40.9 Å². The van der Waals surface area contributed by atoms with Crippen LogP contribution in [0.2, 0.25) is 0 Å². The first kappa shape index (κ1) is 23.0. The summed E-state index contributed by atoms with van der Waals surface area (Å²) in [5.74, 6) is -3.15. The third-order valence-corrected chi connectivity index (χ3v) is 9.07. The third kappa shape index (κ3) is 4.27. The standard InChI is InChI=1S/C22H31NO9S/c1-12-5-15-17(18(24)30-3-2-4-33(27,28)29)16(12)19(25)31-20(15)32-21(26)22-7-13-6-14(8-22)10-23(9-13)11-22/h12-17,20H,2-11H2,1H3,(H,27,28,29)/t12-,13?,14?,15?,16?,17+,20-,22?/m0/s1. The van der Waals surface area contributed by atoms with E-state index < -0.39 is 57.3 Å². The Labute approximate surface area is 193 Å². The van der Waals surface area contributed by atoms with Gasteiger partial charge < -0.3 is 19.1 Å². The first-order valence-corrected chi connectivity index (χ1v) is 13.4. The average molecular weight is 486 g/mol. The van der Waals surface area contributed by atoms with Crippen LogP contribution in [0.25, 0.3) is 0 Å². The van der Waals surface area contributed by atoms with Gasteiger partial charge in [-0.25, -0.2) is 0 Å². The molecule has 4 saturated heterocycles. The first-order valence-electron chi connectivity index (χ1n) is 11.8. The van der Waals surface area contributed by atoms with Crippen molar-refractivity contribution in [2.75, 3.05) is 32.0 Å². The normalized spacial score (nSPS) is 43.3. The quantitative estimate of drug-likeness (QED) is 0.314. The number of hydrogen-bond donors (Lipinski definition) is 1. The molecule has 6 fully saturated rings. The topological polar surface area (TPSA) is 137 Å². The number of nitrogens with zero attached hydrogens (tertiary/aromatic N) is 1. The minimum atomic E-state index is -4.14. The average Bonchev–Trinajstić information content (AvgIpc) is 3.00. The lowest BCUT2D eigenvalue weighted by Crippen LogP contribution is -2.62. The number of ether oxygens (including phenoxy) is 3. The number of rotatable bonds is 7. The Morgan fingerprint density at radius 1 is 1.21 bits per heavy atom. The summed E-state index contributed by atoms with van der Waals surface area (Å²) in [4.78, 5) is 41.3. The zero-order chi connectivity index (χ0) is 23.5. The Kier molecular flexibility index (Phi) is 5.72. The Hall–Kier alpha value is -1.72. The summed E-state index contributed by atoms with van der Waals surface area (Å²) >= 11 is 0. The molecular formula is C22H31NO9S. The van der Waals surface area contributed by atoms with Crippen molar-refractivity contribution in [1.29, 1.82) is 0 Å². The van der Waals surface area contributed by atoms with E-state index in [2.05, 4.69) is 4.90 Å². The van der Waals surface area contributed by atoms with Crippen LogP contribution in [0, 0.1) is 40.9 Å². The number of carbonyl (C=O) groups excluding carboxylic acids is 3. The molecule has 7 atom stereocenters. The summed E-state index contributed by atoms with van der Waals surface area (Å²) in [5.41, 5.74) is -0.566. The molecule has 33 heavy (non-hydrogen) atoms. The fraction of sp³-hybridized carbons (Fsp3) is 0.864. The molecule has 0 spiro atoms. The Morgan fingerprint density at radius 3 is 2.55 bits per heavy atom. The number of cyclic esters (lactones) is 1. The van der Waals surface area contributed by atoms with E-state index in [1.54, 1.807) is 0 Å². The van der Waals surface area contributed by atoms with Gasteiger partial charge in [0.1, 0.15) is 0 Å². The van der Waals surface area contributed by atoms with Gasteiger partial charge in [-0.1, -0.05) is 6.92 Å². The molecule has 6 rings (SSSR count). The largest absolute Gasteiger partial charge is 0.465 e. The van der Waals surface area contributed by atoms with E-state index in [-0.39, 0.29) is 24.9 Å². The van der Waals surface area contributed by atoms with Crippen molar-refractivity contribution >= 4 is 28.0 Å². The highest BCUT2D eigenvalue weighted by Gasteiger charge is 2.61. The lowest BCUT2D eigenvalue weighted by molar-refractivity contribution is -0.229. The SMILES string of the molecule is C[C@H]1CC2[C@H](OC(=O)C34CC5CC(CN(C5)C3)C4)OC(=O)C1[C@@H]2C(=O)OCCCS(=O)(=O)O. The maximum atomic E-state index is 13.4. The van der Waals surface area contributed by atoms with Crippen LogP contribution in [0.1, 0.15) is 39.0 Å². The molecular weight excluding hydrogens is 454 g/mol. The van der Waals surface area contributed by atoms with Gasteiger partial charge in [0.2, 0.25) is 0 Å². The lowest BCUT2D eigenvalue weighted by Gasteiger charge is -2.56. The lowest BCUT2D eigenvalue weighted by atomic mass is 9.59. The van der Waals surface area contributed by atoms with Gasteiger partial charge >= 0.3 is 17.9 Å². The molecule has 0 amide bonds. The fourth-order valence-corrected chi connectivity index (χ4v) is 7.77. The van der Waals surface area contributed by atoms with Crippen LogP contribution in [0.4, 0.5) is 0 Å². The molecule has 2 saturated carbocycles. The Balaban J connectivity index is 1.26. The highest BCUT2D eigenvalue weighted by Crippen LogP contribution is 2.53. The van der Waals surface area contributed by atoms with Gasteiger partial charge in [-0.15, -0.1) is 0 Å². The highest BCUT2D eigenvalue weighted by atomic mass is 32.2. The zero-order valence-electron chi connectivity index (χ0n) is 18.7. The van der Waals surface area contributed by atoms with Crippen molar-refractivity contribution in [2.45, 2.75) is 45.3 Å². The van der Waals surface area contributed by atoms with Crippen LogP contribution in [0.15, 0.2) is 0 Å². The molecule has 6 bridgehead atoms. The van der Waals surface area contributed by atoms with Gasteiger partial charge in [0, 0.05) is 25.6 Å². The van der Waals surface area contributed by atoms with E-state index in [0.29, 0.717) is 24.8 Å². The van der Waals surface area contributed by atoms with Crippen molar-refractivity contribution in [3.05, 3.63) is 0 Å². The summed E-state index contributed by atoms with van der Waals surface area (Å²) in [6.45, 7) is 4.39. The van der Waals surface area contributed by atoms with Crippen LogP contribution in [0.3, 0.4) is 0 Å². The third-order valence-electron chi connectivity index (χ3n) is 8.26. The predicted octanol–water partition coefficient (Wildman–Crippen LogP) is 0.854. The van der Waals surface area contributed by atoms with Gasteiger partial charge in [-0.05, 0) is 49.9 Å². The number of esters is 3. The number of carbonyl (C=O) groups is 3. The highest BCUT2D eigenvalue weighted by molar-refractivity contribution is 7.85. The van der Waals surface area contributed by atoms with Crippen LogP contribution in [-0.2, 0) is 38.7 Å². The molecule has 0 aromatic heterocycles. The van der Waals surface area contributed by atoms with E-state index in [4.69, 9.17) is 18.8 Å². The maximum absolute atomic E-state index is 13.4. The van der Waals surface area contributed by atoms with Crippen LogP contribution in [-0.4, -0.2) is 74.1 Å². The monoisotopic (exact) mass is 485 g/mol. The molecule has 4 unspecified atom stereocenters. The Bertz CT molecular complexity index is 912. The second kappa shape index (κ2) is 8.20. The minimum absolute atomic E-state index is 0.0492. The predicted molar refractivity (Wildman–Crippen MR) is 112 cm³/mol. The molecule has 4 heterocycles. The van der Waals surface area contributed by atoms with Crippen molar-refractivity contribution in [3.63, 3.8) is 0 Å². The molecule has 4 aliphatic heterocycles. The summed E-state index contributed by atoms with van der Waals surface area (Å²) in [6, 6.07) is 0. The molecule has 0 aromatic rings. The molecule has 11 heteroatoms. The second-order valence-corrected chi connectivity index (χ2v) is 12.4.